The zero-order valence-electron chi connectivity index (χ0n) is 54.6. The quantitative estimate of drug-likeness (QED) is 0.325. The summed E-state index contributed by atoms with van der Waals surface area (Å²) in [4.78, 5) is 0. The van der Waals surface area contributed by atoms with Crippen molar-refractivity contribution < 1.29 is 2710 Å². The van der Waals surface area contributed by atoms with Crippen molar-refractivity contribution in [3.05, 3.63) is 14.4 Å². The van der Waals surface area contributed by atoms with Crippen LogP contribution < -0.4 is 0 Å². The largest absolute Gasteiger partial charge is 0.358 e. The molecule has 0 fully saturated rings. The van der Waals surface area contributed by atoms with Crippen LogP contribution in [0.3, 0.4) is 0 Å². The molecule has 0 amide bonds. The summed E-state index contributed by atoms with van der Waals surface area (Å²) in [6, 6.07) is 0. The van der Waals surface area contributed by atoms with E-state index in [1.165, 1.54) is 0 Å². The molecular weight excluding hydrogens is 7480 g/mol. The zero-order valence-corrected chi connectivity index (χ0v) is 290. The molecule has 0 aromatic carbocycles. The molecule has 91 heavy (non-hydrogen) atoms. The van der Waals surface area contributed by atoms with Gasteiger partial charge in [-0.15, -0.1) is 0 Å². The summed E-state index contributed by atoms with van der Waals surface area (Å²) in [6.07, 6.45) is 0. The number of hydrogen-bond donors (Lipinski definition) is 0. The summed E-state index contributed by atoms with van der Waals surface area (Å²) in [5.74, 6) is 0. The van der Waals surface area contributed by atoms with Crippen LogP contribution in [0.5, 0.6) is 0 Å². The molecule has 0 aromatic heterocycles. The van der Waals surface area contributed by atoms with Crippen molar-refractivity contribution in [2.24, 2.45) is 0 Å². The van der Waals surface area contributed by atoms with Gasteiger partial charge in [0.05, 0.1) is 0 Å². The van der Waals surface area contributed by atoms with Crippen molar-refractivity contribution in [1.82, 2.24) is 0 Å². The maximum atomic E-state index is 3.25. The zero-order chi connectivity index (χ0) is 6.00. The summed E-state index contributed by atoms with van der Waals surface area (Å²) in [5, 5.41) is 0. The molecule has 83 heteroatoms. The SMILES string of the molecule is C.CC.CC.[CH2-]C.[CH3-].[Y].[Y].[Y].[Y].[Y].[Y].[Y].[Y].[Y].[Y].[Y].[Y].[Y].[Y].[Y].[Y].[Y].[Y].[Y].[Y].[Y].[Y].[Y].[Y].[Y].[Y].[Y].[Y].[Y].[Y].[Y].[Y].[Y].[Y].[Y].[Y].[Y].[Y].[Y].[Y].[Y].[Y].[Y].[Y].[Y].[Y].[Y].[Y].[Y].[Y].[Y].[Y].[Y].[Y].[Y].[Y].[Y].[Y].[Y].[Y].[Y].[Y].[Y].[Y].[Y].[Y].[Y].[Y].[Y].[Y].[Y].[Y].[Y].[Y].[Y].[Y].[Y].[Y].[Y].[Y].[Y].[Y].[Y]. The Bertz CT molecular complexity index is 39.1. The van der Waals surface area contributed by atoms with E-state index in [1.807, 2.05) is 27.7 Å². The van der Waals surface area contributed by atoms with E-state index in [1.54, 1.807) is 6.92 Å². The third kappa shape index (κ3) is 698. The van der Waals surface area contributed by atoms with Crippen LogP contribution in [0.1, 0.15) is 42.0 Å². The molecule has 0 aliphatic rings. The molecule has 0 N–H and O–H groups in total. The van der Waals surface area contributed by atoms with Crippen LogP contribution in [0.4, 0.5) is 0 Å². The van der Waals surface area contributed by atoms with E-state index in [-0.39, 0.29) is 2730 Å². The normalized spacial score (nSPS) is 0.198. The number of rotatable bonds is 0. The summed E-state index contributed by atoms with van der Waals surface area (Å²) >= 11 is 0. The molecule has 0 atom stereocenters. The summed E-state index contributed by atoms with van der Waals surface area (Å²) in [7, 11) is 0. The fourth-order valence-corrected chi connectivity index (χ4v) is 0. The van der Waals surface area contributed by atoms with Crippen LogP contribution in [-0.4, -0.2) is 0 Å². The third-order valence-electron chi connectivity index (χ3n) is 0. The molecule has 0 bridgehead atoms. The molecule has 0 rings (SSSR count). The Kier molecular flexibility index (Phi) is 5220. The standard InChI is InChI=1S/2C2H6.C2H5.CH4.CH3.83Y/c3*1-2;;;;;;;;;;;;;;;;;;;;;;;;;;;;;;;;;;;;;;;;;;;;;;;;;;;;;;;;;;;;;;;;;;;;;;;;;;;;;;;;;;;;;/h2*1-2H3;1H2,2H3;1H4;1H3;;;;;;;;;;;;;;;;;;;;;;;;;;;;;;;;;;;;;;;;;;;;;;;;;;;;;;;;;;;;;;;;;;;;;;;;;;;;;;;;;;;/q;;-1;;-1;;;;;;;;;;;;;;;;;;;;;;;;;;;;;;;;;;;;;;;;;;;;;;;;;;;;;;;;;;;;;;;;;;;;;;;;;;;;;;;;;;;. The van der Waals surface area contributed by atoms with Gasteiger partial charge in [-0.3, -0.25) is 0 Å². The molecule has 0 saturated carbocycles. The van der Waals surface area contributed by atoms with Crippen LogP contribution in [0.2, 0.25) is 0 Å². The van der Waals surface area contributed by atoms with Crippen LogP contribution in [0.15, 0.2) is 0 Å². The van der Waals surface area contributed by atoms with E-state index in [4.69, 9.17) is 0 Å². The number of hydrogen-bond acceptors (Lipinski definition) is 0. The Labute approximate surface area is 2660 Å². The molecule has 0 spiro atoms. The van der Waals surface area contributed by atoms with Gasteiger partial charge in [0.1, 0.15) is 0 Å². The Morgan fingerprint density at radius 3 is 0.0769 bits per heavy atom. The average molecular weight is 7500 g/mol. The van der Waals surface area contributed by atoms with E-state index < -0.39 is 0 Å². The first-order valence-electron chi connectivity index (χ1n) is 2.71. The maximum absolute atomic E-state index is 3.25. The van der Waals surface area contributed by atoms with Gasteiger partial charge in [-0.05, 0) is 0 Å². The summed E-state index contributed by atoms with van der Waals surface area (Å²) < 4.78 is 0. The Hall–Kier alpha value is 91.6. The fourth-order valence-electron chi connectivity index (χ4n) is 0. The molecule has 0 aliphatic carbocycles. The second-order valence-corrected chi connectivity index (χ2v) is 0. The minimum absolute atomic E-state index is 0. The molecular formula is C8H24Y83-2. The van der Waals surface area contributed by atoms with Crippen molar-refractivity contribution >= 4 is 0 Å². The van der Waals surface area contributed by atoms with E-state index in [0.29, 0.717) is 0 Å². The molecule has 0 aliphatic heterocycles. The molecule has 0 saturated heterocycles. The van der Waals surface area contributed by atoms with Crippen LogP contribution >= 0.6 is 0 Å². The third-order valence-corrected chi connectivity index (χ3v) is 0. The first-order chi connectivity index (χ1) is 3.00. The van der Waals surface area contributed by atoms with Gasteiger partial charge in [-0.25, -0.2) is 0 Å². The Balaban J connectivity index is -0.0000000000118. The summed E-state index contributed by atoms with van der Waals surface area (Å²) in [5.41, 5.74) is 0. The molecule has 83 radical (unpaired) electrons. The van der Waals surface area contributed by atoms with Crippen LogP contribution in [0.25, 0.3) is 0 Å². The molecule has 0 aromatic rings. The van der Waals surface area contributed by atoms with Crippen LogP contribution in [0, 0.1) is 14.4 Å². The topological polar surface area (TPSA) is 0 Å². The van der Waals surface area contributed by atoms with Gasteiger partial charge in [0.25, 0.3) is 0 Å². The minimum atomic E-state index is 0. The van der Waals surface area contributed by atoms with Crippen LogP contribution in [-0.2, 0) is 2710 Å². The van der Waals surface area contributed by atoms with Gasteiger partial charge in [0.15, 0.2) is 0 Å². The minimum Gasteiger partial charge on any atom is -0.358 e. The molecule has 0 heterocycles. The summed E-state index contributed by atoms with van der Waals surface area (Å²) in [6.45, 7) is 13.0. The first-order valence-corrected chi connectivity index (χ1v) is 2.71. The second-order valence-electron chi connectivity index (χ2n) is 0. The monoisotopic (exact) mass is 7500 g/mol. The molecule has 307 valence electrons. The van der Waals surface area contributed by atoms with Gasteiger partial charge in [-0.2, -0.15) is 6.92 Å². The van der Waals surface area contributed by atoms with Gasteiger partial charge >= 0.3 is 0 Å². The van der Waals surface area contributed by atoms with Gasteiger partial charge < -0.3 is 14.4 Å². The Morgan fingerprint density at radius 2 is 0.0769 bits per heavy atom. The predicted molar refractivity (Wildman–Crippen MR) is 46.9 cm³/mol. The van der Waals surface area contributed by atoms with Gasteiger partial charge in [-0.1, -0.05) is 35.1 Å². The first kappa shape index (κ1) is 673. The fraction of sp³-hybridized carbons (Fsp3) is 0.750. The van der Waals surface area contributed by atoms with E-state index in [2.05, 4.69) is 6.92 Å². The van der Waals surface area contributed by atoms with Crippen molar-refractivity contribution in [2.75, 3.05) is 0 Å². The van der Waals surface area contributed by atoms with Gasteiger partial charge in [0, 0.05) is 2710 Å². The van der Waals surface area contributed by atoms with E-state index in [0.717, 1.165) is 0 Å². The van der Waals surface area contributed by atoms with Crippen molar-refractivity contribution in [3.63, 3.8) is 0 Å². The van der Waals surface area contributed by atoms with Crippen molar-refractivity contribution in [1.29, 1.82) is 0 Å². The van der Waals surface area contributed by atoms with E-state index in [9.17, 15) is 0 Å². The molecule has 0 unspecified atom stereocenters. The van der Waals surface area contributed by atoms with Gasteiger partial charge in [0.2, 0.25) is 0 Å². The van der Waals surface area contributed by atoms with E-state index >= 15 is 0 Å². The van der Waals surface area contributed by atoms with Crippen molar-refractivity contribution in [3.8, 4) is 0 Å². The second kappa shape index (κ2) is 706. The smallest absolute Gasteiger partial charge is 0 e. The van der Waals surface area contributed by atoms with Crippen molar-refractivity contribution in [2.45, 2.75) is 42.0 Å². The Morgan fingerprint density at radius 1 is 0.0769 bits per heavy atom. The molecule has 0 nitrogen and oxygen atoms in total. The average Bonchev–Trinajstić information content (AvgIpc) is 1.81. The predicted octanol–water partition coefficient (Wildman–Crippen LogP) is 3.77. The maximum Gasteiger partial charge on any atom is 0 e.